The third-order valence-electron chi connectivity index (χ3n) is 7.20. The topological polar surface area (TPSA) is 107 Å². The Labute approximate surface area is 204 Å². The smallest absolute Gasteiger partial charge is 0.480 e. The maximum absolute atomic E-state index is 12.7. The summed E-state index contributed by atoms with van der Waals surface area (Å²) in [5.41, 5.74) is 0.199. The molecule has 0 bridgehead atoms. The third-order valence-corrected chi connectivity index (χ3v) is 7.43. The molecule has 2 aliphatic carbocycles. The third kappa shape index (κ3) is 5.12. The largest absolute Gasteiger partial charge is 0.522 e. The van der Waals surface area contributed by atoms with Crippen molar-refractivity contribution >= 4 is 17.5 Å². The summed E-state index contributed by atoms with van der Waals surface area (Å²) in [5.74, 6) is 0.755. The second-order valence-electron chi connectivity index (χ2n) is 9.53. The van der Waals surface area contributed by atoms with Crippen LogP contribution in [-0.4, -0.2) is 46.3 Å². The van der Waals surface area contributed by atoms with Crippen LogP contribution in [0.25, 0.3) is 0 Å². The lowest BCUT2D eigenvalue weighted by Gasteiger charge is -2.38. The van der Waals surface area contributed by atoms with Gasteiger partial charge >= 0.3 is 6.36 Å². The number of hydrogen-bond acceptors (Lipinski definition) is 7. The molecule has 3 aliphatic rings. The number of rotatable bonds is 7. The van der Waals surface area contributed by atoms with Crippen molar-refractivity contribution in [2.24, 2.45) is 0 Å². The maximum Gasteiger partial charge on any atom is 0.522 e. The summed E-state index contributed by atoms with van der Waals surface area (Å²) in [7, 11) is 0. The highest BCUT2D eigenvalue weighted by molar-refractivity contribution is 6.30. The summed E-state index contributed by atoms with van der Waals surface area (Å²) in [6.45, 7) is 0.352. The van der Waals surface area contributed by atoms with Crippen molar-refractivity contribution in [2.75, 3.05) is 6.54 Å². The molecular weight excluding hydrogens is 491 g/mol. The molecule has 5 rings (SSSR count). The number of nitrogens with one attached hydrogen (secondary N) is 1. The minimum absolute atomic E-state index is 0.123. The number of nitrogens with zero attached hydrogens (tertiary/aromatic N) is 2. The molecule has 190 valence electrons. The molecule has 35 heavy (non-hydrogen) atoms. The Morgan fingerprint density at radius 3 is 2.74 bits per heavy atom. The Bertz CT molecular complexity index is 1080. The fourth-order valence-electron chi connectivity index (χ4n) is 4.97. The van der Waals surface area contributed by atoms with E-state index in [1.54, 1.807) is 18.2 Å². The number of hydrogen-bond donors (Lipinski definition) is 2. The number of amides is 1. The molecule has 2 N–H and O–H groups in total. The number of carbonyl (C=O) groups is 1. The van der Waals surface area contributed by atoms with Crippen LogP contribution in [-0.2, 0) is 14.9 Å². The number of aliphatic hydroxyl groups is 1. The minimum Gasteiger partial charge on any atom is -0.480 e. The van der Waals surface area contributed by atoms with Crippen molar-refractivity contribution in [3.05, 3.63) is 40.5 Å². The second-order valence-corrected chi connectivity index (χ2v) is 9.96. The molecule has 12 heteroatoms. The van der Waals surface area contributed by atoms with E-state index in [0.29, 0.717) is 41.0 Å². The Morgan fingerprint density at radius 2 is 2.06 bits per heavy atom. The highest BCUT2D eigenvalue weighted by Crippen LogP contribution is 2.47. The van der Waals surface area contributed by atoms with Gasteiger partial charge in [0.1, 0.15) is 5.75 Å². The molecule has 0 saturated heterocycles. The number of fused-ring (bicyclic) bond motifs is 1. The van der Waals surface area contributed by atoms with Crippen molar-refractivity contribution in [3.8, 4) is 5.75 Å². The van der Waals surface area contributed by atoms with Gasteiger partial charge in [-0.05, 0) is 50.3 Å². The van der Waals surface area contributed by atoms with E-state index in [-0.39, 0.29) is 36.5 Å². The predicted molar refractivity (Wildman–Crippen MR) is 116 cm³/mol. The van der Waals surface area contributed by atoms with Crippen LogP contribution in [0.15, 0.2) is 22.7 Å². The summed E-state index contributed by atoms with van der Waals surface area (Å²) in [6.07, 6.45) is -3.47. The first kappa shape index (κ1) is 24.3. The lowest BCUT2D eigenvalue weighted by atomic mass is 9.66. The molecule has 8 nitrogen and oxygen atoms in total. The molecular formula is C23H25ClF3N3O5. The maximum atomic E-state index is 12.7. The van der Waals surface area contributed by atoms with Gasteiger partial charge in [0.25, 0.3) is 5.91 Å². The van der Waals surface area contributed by atoms with Gasteiger partial charge in [0, 0.05) is 29.5 Å². The minimum atomic E-state index is -4.64. The molecule has 1 aliphatic heterocycles. The normalized spacial score (nSPS) is 27.2. The summed E-state index contributed by atoms with van der Waals surface area (Å²) in [4.78, 5) is 17.2. The van der Waals surface area contributed by atoms with E-state index in [0.717, 1.165) is 19.3 Å². The van der Waals surface area contributed by atoms with E-state index in [4.69, 9.17) is 20.9 Å². The zero-order valence-corrected chi connectivity index (χ0v) is 19.4. The first-order valence-corrected chi connectivity index (χ1v) is 12.0. The van der Waals surface area contributed by atoms with Crippen LogP contribution >= 0.6 is 11.6 Å². The van der Waals surface area contributed by atoms with Gasteiger partial charge in [-0.25, -0.2) is 0 Å². The molecule has 0 unspecified atom stereocenters. The van der Waals surface area contributed by atoms with Crippen LogP contribution in [0, 0.1) is 0 Å². The lowest BCUT2D eigenvalue weighted by Crippen LogP contribution is -2.44. The number of carbonyl (C=O) groups excluding carboxylic acids is 1. The zero-order valence-electron chi connectivity index (χ0n) is 18.7. The zero-order chi connectivity index (χ0) is 24.8. The van der Waals surface area contributed by atoms with E-state index in [2.05, 4.69) is 20.2 Å². The Hall–Kier alpha value is -2.37. The molecule has 1 amide bonds. The summed E-state index contributed by atoms with van der Waals surface area (Å²) in [6, 6.07) is 4.90. The number of aliphatic hydroxyl groups excluding tert-OH is 1. The molecule has 2 atom stereocenters. The van der Waals surface area contributed by atoms with Crippen molar-refractivity contribution in [1.29, 1.82) is 0 Å². The molecule has 1 aromatic carbocycles. The average Bonchev–Trinajstić information content (AvgIpc) is 3.21. The first-order valence-electron chi connectivity index (χ1n) is 11.6. The van der Waals surface area contributed by atoms with Gasteiger partial charge in [-0.3, -0.25) is 9.53 Å². The number of ether oxygens (including phenoxy) is 2. The molecule has 2 fully saturated rings. The first-order chi connectivity index (χ1) is 16.6. The molecule has 0 radical (unpaired) electrons. The average molecular weight is 516 g/mol. The van der Waals surface area contributed by atoms with Crippen molar-refractivity contribution in [2.45, 2.75) is 81.0 Å². The van der Waals surface area contributed by atoms with Gasteiger partial charge in [-0.1, -0.05) is 23.2 Å². The summed E-state index contributed by atoms with van der Waals surface area (Å²) >= 11 is 5.97. The standard InChI is InChI=1S/C23H25ClF3N3O5/c24-13-2-3-17-15(10-13)16(31)11-18(33-17)20(32)28-7-6-22(4-1-5-22)21-29-19(30-35-21)12-8-14(9-12)34-23(25,26)27/h2-3,10,12,14,16,18,31H,1,4-9,11H2,(H,28,32)/t12?,14?,16-,18-/m1/s1. The van der Waals surface area contributed by atoms with Gasteiger partial charge in [-0.2, -0.15) is 4.98 Å². The van der Waals surface area contributed by atoms with E-state index in [1.165, 1.54) is 0 Å². The van der Waals surface area contributed by atoms with Crippen molar-refractivity contribution < 1.29 is 37.1 Å². The van der Waals surface area contributed by atoms with Crippen LogP contribution in [0.5, 0.6) is 5.75 Å². The van der Waals surface area contributed by atoms with E-state index < -0.39 is 24.7 Å². The molecule has 2 aromatic rings. The van der Waals surface area contributed by atoms with Gasteiger partial charge in [0.2, 0.25) is 5.89 Å². The number of benzene rings is 1. The molecule has 0 spiro atoms. The van der Waals surface area contributed by atoms with Crippen LogP contribution in [0.1, 0.15) is 74.2 Å². The highest BCUT2D eigenvalue weighted by Gasteiger charge is 2.46. The number of halogens is 4. The van der Waals surface area contributed by atoms with E-state index >= 15 is 0 Å². The van der Waals surface area contributed by atoms with Crippen molar-refractivity contribution in [3.63, 3.8) is 0 Å². The quantitative estimate of drug-likeness (QED) is 0.565. The fraction of sp³-hybridized carbons (Fsp3) is 0.609. The molecule has 1 aromatic heterocycles. The summed E-state index contributed by atoms with van der Waals surface area (Å²) in [5, 5.41) is 17.7. The molecule has 2 heterocycles. The van der Waals surface area contributed by atoms with Gasteiger partial charge in [0.15, 0.2) is 11.9 Å². The van der Waals surface area contributed by atoms with Crippen LogP contribution < -0.4 is 10.1 Å². The van der Waals surface area contributed by atoms with Crippen LogP contribution in [0.2, 0.25) is 5.02 Å². The Balaban J connectivity index is 1.14. The van der Waals surface area contributed by atoms with Gasteiger partial charge < -0.3 is 19.7 Å². The SMILES string of the molecule is O=C(NCCC1(c2nc(C3CC(OC(F)(F)F)C3)no2)CCC1)[C@H]1C[C@@H](O)c2cc(Cl)ccc2O1. The van der Waals surface area contributed by atoms with Crippen LogP contribution in [0.4, 0.5) is 13.2 Å². The Kier molecular flexibility index (Phi) is 6.43. The van der Waals surface area contributed by atoms with Gasteiger partial charge in [0.05, 0.1) is 17.6 Å². The fourth-order valence-corrected chi connectivity index (χ4v) is 5.15. The van der Waals surface area contributed by atoms with E-state index in [1.807, 2.05) is 0 Å². The van der Waals surface area contributed by atoms with Gasteiger partial charge in [-0.15, -0.1) is 13.2 Å². The predicted octanol–water partition coefficient (Wildman–Crippen LogP) is 4.32. The highest BCUT2D eigenvalue weighted by atomic mass is 35.5. The monoisotopic (exact) mass is 515 g/mol. The number of alkyl halides is 3. The van der Waals surface area contributed by atoms with E-state index in [9.17, 15) is 23.1 Å². The van der Waals surface area contributed by atoms with Crippen molar-refractivity contribution in [1.82, 2.24) is 15.5 Å². The lowest BCUT2D eigenvalue weighted by molar-refractivity contribution is -0.352. The summed E-state index contributed by atoms with van der Waals surface area (Å²) < 4.78 is 52.3. The molecule has 2 saturated carbocycles. The number of aromatic nitrogens is 2. The Morgan fingerprint density at radius 1 is 1.29 bits per heavy atom. The van der Waals surface area contributed by atoms with Crippen LogP contribution in [0.3, 0.4) is 0 Å². The second kappa shape index (κ2) is 9.25.